The molecule has 1 amide bonds. The first-order valence-electron chi connectivity index (χ1n) is 4.49. The molecule has 1 aromatic heterocycles. The van der Waals surface area contributed by atoms with E-state index in [4.69, 9.17) is 9.84 Å². The van der Waals surface area contributed by atoms with E-state index >= 15 is 0 Å². The molecule has 1 unspecified atom stereocenters. The first-order valence-corrected chi connectivity index (χ1v) is 4.49. The quantitative estimate of drug-likeness (QED) is 0.748. The van der Waals surface area contributed by atoms with Crippen molar-refractivity contribution in [1.29, 1.82) is 0 Å². The Morgan fingerprint density at radius 3 is 3.00 bits per heavy atom. The van der Waals surface area contributed by atoms with Gasteiger partial charge in [-0.25, -0.2) is 14.8 Å². The second-order valence-electron chi connectivity index (χ2n) is 3.12. The van der Waals surface area contributed by atoms with E-state index in [1.807, 2.05) is 0 Å². The number of amides is 1. The number of aromatic nitrogens is 2. The van der Waals surface area contributed by atoms with Crippen molar-refractivity contribution in [2.75, 3.05) is 6.61 Å². The summed E-state index contributed by atoms with van der Waals surface area (Å²) >= 11 is 0. The minimum atomic E-state index is -0.644. The van der Waals surface area contributed by atoms with E-state index in [1.165, 1.54) is 6.33 Å². The van der Waals surface area contributed by atoms with E-state index in [2.05, 4.69) is 15.3 Å². The summed E-state index contributed by atoms with van der Waals surface area (Å²) in [5.74, 6) is 0.185. The summed E-state index contributed by atoms with van der Waals surface area (Å²) in [6.45, 7) is 3.28. The largest absolute Gasteiger partial charge is 0.414 e. The predicted molar refractivity (Wildman–Crippen MR) is 52.5 cm³/mol. The van der Waals surface area contributed by atoms with Gasteiger partial charge in [-0.1, -0.05) is 0 Å². The molecule has 6 nitrogen and oxygen atoms in total. The maximum absolute atomic E-state index is 11.2. The van der Waals surface area contributed by atoms with Crippen LogP contribution in [0.1, 0.15) is 12.6 Å². The summed E-state index contributed by atoms with van der Waals surface area (Å²) in [7, 11) is 0. The zero-order chi connectivity index (χ0) is 11.3. The van der Waals surface area contributed by atoms with Gasteiger partial charge >= 0.3 is 6.09 Å². The molecule has 0 aliphatic carbocycles. The number of aryl methyl sites for hydroxylation is 1. The molecule has 0 saturated carbocycles. The zero-order valence-corrected chi connectivity index (χ0v) is 8.60. The Labute approximate surface area is 87.3 Å². The average molecular weight is 211 g/mol. The molecule has 2 N–H and O–H groups in total. The van der Waals surface area contributed by atoms with Crippen molar-refractivity contribution < 1.29 is 14.6 Å². The van der Waals surface area contributed by atoms with Crippen LogP contribution in [0.4, 0.5) is 4.79 Å². The summed E-state index contributed by atoms with van der Waals surface area (Å²) in [6, 6.07) is 1.20. The zero-order valence-electron chi connectivity index (χ0n) is 8.60. The van der Waals surface area contributed by atoms with Gasteiger partial charge in [0, 0.05) is 11.8 Å². The number of aliphatic hydroxyl groups excluding tert-OH is 1. The second kappa shape index (κ2) is 5.26. The van der Waals surface area contributed by atoms with Crippen LogP contribution in [-0.4, -0.2) is 33.8 Å². The van der Waals surface area contributed by atoms with Gasteiger partial charge in [-0.2, -0.15) is 0 Å². The van der Waals surface area contributed by atoms with Crippen molar-refractivity contribution in [1.82, 2.24) is 15.3 Å². The van der Waals surface area contributed by atoms with E-state index in [1.54, 1.807) is 19.9 Å². The van der Waals surface area contributed by atoms with E-state index in [0.29, 0.717) is 5.69 Å². The third-order valence-electron chi connectivity index (χ3n) is 1.61. The Kier molecular flexibility index (Phi) is 3.99. The van der Waals surface area contributed by atoms with E-state index < -0.39 is 6.09 Å². The maximum Gasteiger partial charge on any atom is 0.414 e. The van der Waals surface area contributed by atoms with Gasteiger partial charge in [0.05, 0.1) is 12.6 Å². The highest BCUT2D eigenvalue weighted by molar-refractivity contribution is 5.70. The van der Waals surface area contributed by atoms with Crippen LogP contribution in [0.15, 0.2) is 12.4 Å². The van der Waals surface area contributed by atoms with Gasteiger partial charge < -0.3 is 15.2 Å². The van der Waals surface area contributed by atoms with Gasteiger partial charge in [-0.3, -0.25) is 0 Å². The van der Waals surface area contributed by atoms with Gasteiger partial charge in [0.15, 0.2) is 0 Å². The third kappa shape index (κ3) is 3.90. The Bertz CT molecular complexity index is 343. The third-order valence-corrected chi connectivity index (χ3v) is 1.61. The van der Waals surface area contributed by atoms with E-state index in [-0.39, 0.29) is 18.5 Å². The number of hydrogen-bond acceptors (Lipinski definition) is 5. The molecular formula is C9H13N3O3. The van der Waals surface area contributed by atoms with Crippen molar-refractivity contribution in [3.63, 3.8) is 0 Å². The van der Waals surface area contributed by atoms with Crippen molar-refractivity contribution in [3.05, 3.63) is 18.1 Å². The van der Waals surface area contributed by atoms with Crippen molar-refractivity contribution in [2.24, 2.45) is 0 Å². The Morgan fingerprint density at radius 2 is 2.40 bits per heavy atom. The molecule has 6 heteroatoms. The minimum absolute atomic E-state index is 0.141. The molecule has 0 bridgehead atoms. The number of hydrogen-bond donors (Lipinski definition) is 2. The van der Waals surface area contributed by atoms with Gasteiger partial charge in [0.1, 0.15) is 6.33 Å². The molecule has 0 radical (unpaired) electrons. The highest BCUT2D eigenvalue weighted by Gasteiger charge is 2.08. The Morgan fingerprint density at radius 1 is 1.67 bits per heavy atom. The van der Waals surface area contributed by atoms with Crippen LogP contribution < -0.4 is 10.1 Å². The summed E-state index contributed by atoms with van der Waals surface area (Å²) in [5.41, 5.74) is 0.711. The van der Waals surface area contributed by atoms with Crippen LogP contribution in [-0.2, 0) is 0 Å². The number of carbonyl (C=O) groups is 1. The fourth-order valence-corrected chi connectivity index (χ4v) is 0.857. The molecule has 0 fully saturated rings. The molecule has 1 aromatic rings. The molecule has 82 valence electrons. The van der Waals surface area contributed by atoms with Crippen LogP contribution >= 0.6 is 0 Å². The predicted octanol–water partition coefficient (Wildman–Crippen LogP) is 0.254. The summed E-state index contributed by atoms with van der Waals surface area (Å²) in [5, 5.41) is 11.1. The van der Waals surface area contributed by atoms with Crippen LogP contribution in [0.5, 0.6) is 5.88 Å². The molecule has 0 spiro atoms. The molecule has 0 aliphatic rings. The molecule has 1 heterocycles. The lowest BCUT2D eigenvalue weighted by Crippen LogP contribution is -2.37. The first kappa shape index (κ1) is 11.4. The van der Waals surface area contributed by atoms with Crippen LogP contribution in [0.25, 0.3) is 0 Å². The Balaban J connectivity index is 2.51. The Hall–Kier alpha value is -1.69. The monoisotopic (exact) mass is 211 g/mol. The lowest BCUT2D eigenvalue weighted by atomic mass is 10.4. The maximum atomic E-state index is 11.2. The molecular weight excluding hydrogens is 198 g/mol. The number of carbonyl (C=O) groups excluding carboxylic acids is 1. The number of aliphatic hydroxyl groups is 1. The number of rotatable bonds is 3. The fraction of sp³-hybridized carbons (Fsp3) is 0.444. The van der Waals surface area contributed by atoms with Gasteiger partial charge in [0.25, 0.3) is 0 Å². The lowest BCUT2D eigenvalue weighted by Gasteiger charge is -2.10. The van der Waals surface area contributed by atoms with Crippen LogP contribution in [0.3, 0.4) is 0 Å². The van der Waals surface area contributed by atoms with Crippen molar-refractivity contribution >= 4 is 6.09 Å². The van der Waals surface area contributed by atoms with Gasteiger partial charge in [-0.05, 0) is 13.8 Å². The van der Waals surface area contributed by atoms with Crippen molar-refractivity contribution in [3.8, 4) is 5.88 Å². The molecule has 1 atom stereocenters. The topological polar surface area (TPSA) is 84.3 Å². The number of nitrogens with zero attached hydrogens (tertiary/aromatic N) is 2. The molecule has 0 saturated heterocycles. The van der Waals surface area contributed by atoms with Gasteiger partial charge in [-0.15, -0.1) is 0 Å². The minimum Gasteiger partial charge on any atom is -0.394 e. The molecule has 1 rings (SSSR count). The lowest BCUT2D eigenvalue weighted by molar-refractivity contribution is 0.184. The highest BCUT2D eigenvalue weighted by atomic mass is 16.6. The van der Waals surface area contributed by atoms with Gasteiger partial charge in [0.2, 0.25) is 5.88 Å². The fourth-order valence-electron chi connectivity index (χ4n) is 0.857. The SMILES string of the molecule is Cc1cc(OC(=O)NC(C)CO)ncn1. The van der Waals surface area contributed by atoms with E-state index in [0.717, 1.165) is 0 Å². The normalized spacial score (nSPS) is 11.9. The van der Waals surface area contributed by atoms with E-state index in [9.17, 15) is 4.79 Å². The smallest absolute Gasteiger partial charge is 0.394 e. The van der Waals surface area contributed by atoms with Crippen molar-refractivity contribution in [2.45, 2.75) is 19.9 Å². The van der Waals surface area contributed by atoms with Crippen LogP contribution in [0, 0.1) is 6.92 Å². The molecule has 0 aromatic carbocycles. The molecule has 0 aliphatic heterocycles. The number of ether oxygens (including phenoxy) is 1. The summed E-state index contributed by atoms with van der Waals surface area (Å²) < 4.78 is 4.86. The number of nitrogens with one attached hydrogen (secondary N) is 1. The standard InChI is InChI=1S/C9H13N3O3/c1-6-3-8(11-5-10-6)15-9(14)12-7(2)4-13/h3,5,7,13H,4H2,1-2H3,(H,12,14). The summed E-state index contributed by atoms with van der Waals surface area (Å²) in [6.07, 6.45) is 0.669. The second-order valence-corrected chi connectivity index (χ2v) is 3.12. The molecule has 15 heavy (non-hydrogen) atoms. The highest BCUT2D eigenvalue weighted by Crippen LogP contribution is 2.05. The summed E-state index contributed by atoms with van der Waals surface area (Å²) in [4.78, 5) is 18.8. The van der Waals surface area contributed by atoms with Crippen LogP contribution in [0.2, 0.25) is 0 Å². The first-order chi connectivity index (χ1) is 7.11. The average Bonchev–Trinajstić information content (AvgIpc) is 2.17.